The van der Waals surface area contributed by atoms with Crippen LogP contribution >= 0.6 is 11.6 Å². The Morgan fingerprint density at radius 2 is 1.63 bits per heavy atom. The normalized spacial score (nSPS) is 12.2. The summed E-state index contributed by atoms with van der Waals surface area (Å²) in [5.41, 5.74) is 2.52. The van der Waals surface area contributed by atoms with E-state index in [1.165, 1.54) is 18.6 Å². The van der Waals surface area contributed by atoms with Crippen molar-refractivity contribution < 1.29 is 0 Å². The molecule has 0 bridgehead atoms. The first-order valence-corrected chi connectivity index (χ1v) is 13.6. The fraction of sp³-hybridized carbons (Fsp3) is 0.161. The van der Waals surface area contributed by atoms with E-state index in [1.807, 2.05) is 69.3 Å². The second kappa shape index (κ2) is 10.6. The van der Waals surface area contributed by atoms with Crippen LogP contribution in [0.3, 0.4) is 0 Å². The van der Waals surface area contributed by atoms with Crippen LogP contribution in [0.5, 0.6) is 0 Å². The van der Waals surface area contributed by atoms with Crippen molar-refractivity contribution in [1.82, 2.24) is 29.5 Å². The number of anilines is 1. The molecular weight excluding hydrogens is 538 g/mol. The summed E-state index contributed by atoms with van der Waals surface area (Å²) in [4.78, 5) is 47.7. The molecule has 9 nitrogen and oxygen atoms in total. The van der Waals surface area contributed by atoms with E-state index >= 15 is 0 Å². The van der Waals surface area contributed by atoms with Crippen LogP contribution < -0.4 is 16.3 Å². The van der Waals surface area contributed by atoms with E-state index in [0.29, 0.717) is 49.6 Å². The Bertz CT molecular complexity index is 2020. The number of hydrogen-bond acceptors (Lipinski definition) is 7. The summed E-state index contributed by atoms with van der Waals surface area (Å²) >= 11 is 7.17. The van der Waals surface area contributed by atoms with Gasteiger partial charge in [0.05, 0.1) is 22.1 Å². The van der Waals surface area contributed by atoms with Crippen molar-refractivity contribution in [2.75, 3.05) is 5.32 Å². The zero-order valence-corrected chi connectivity index (χ0v) is 23.3. The maximum absolute atomic E-state index is 14.4. The van der Waals surface area contributed by atoms with Crippen LogP contribution in [0, 0.1) is 0 Å². The molecule has 0 radical (unpaired) electrons. The van der Waals surface area contributed by atoms with Crippen LogP contribution in [0.2, 0.25) is 5.02 Å². The van der Waals surface area contributed by atoms with Crippen molar-refractivity contribution >= 4 is 39.2 Å². The van der Waals surface area contributed by atoms with Gasteiger partial charge in [0.2, 0.25) is 0 Å². The number of benzene rings is 2. The molecule has 0 saturated carbocycles. The van der Waals surface area contributed by atoms with Gasteiger partial charge in [-0.05, 0) is 24.6 Å². The van der Waals surface area contributed by atoms with E-state index in [2.05, 4.69) is 30.2 Å². The van der Waals surface area contributed by atoms with Crippen molar-refractivity contribution in [3.05, 3.63) is 117 Å². The van der Waals surface area contributed by atoms with Crippen LogP contribution in [0.15, 0.2) is 89.1 Å². The molecule has 2 N–H and O–H groups in total. The minimum Gasteiger partial charge on any atom is -0.361 e. The number of pyridine rings is 2. The average Bonchev–Trinajstić information content (AvgIpc) is 2.99. The van der Waals surface area contributed by atoms with Gasteiger partial charge in [-0.15, -0.1) is 0 Å². The van der Waals surface area contributed by atoms with Crippen molar-refractivity contribution in [2.24, 2.45) is 0 Å². The predicted molar refractivity (Wildman–Crippen MR) is 162 cm³/mol. The fourth-order valence-electron chi connectivity index (χ4n) is 5.05. The summed E-state index contributed by atoms with van der Waals surface area (Å²) in [6.07, 6.45) is 6.40. The zero-order chi connectivity index (χ0) is 28.7. The molecule has 4 heterocycles. The highest BCUT2D eigenvalue weighted by Crippen LogP contribution is 2.36. The van der Waals surface area contributed by atoms with Gasteiger partial charge in [-0.2, -0.15) is 0 Å². The summed E-state index contributed by atoms with van der Waals surface area (Å²) in [6.45, 7) is 5.93. The standard InChI is InChI=1S/C31H26ClN7O2/c1-17(2)28-34-14-19(15-35-28)21-10-7-11-22-24(21)31(41)39(20-8-5-4-6-9-20)27(26(22)32)18(3)38-30-25-23(40)12-13-33-29(25)36-16-37-30/h4-18H,1-3H3,(H2,33,36,37,38,40)/t18-/m0/s1. The van der Waals surface area contributed by atoms with Crippen LogP contribution in [0.25, 0.3) is 38.6 Å². The van der Waals surface area contributed by atoms with E-state index in [4.69, 9.17) is 11.6 Å². The van der Waals surface area contributed by atoms with Crippen LogP contribution in [0.4, 0.5) is 5.82 Å². The third-order valence-corrected chi connectivity index (χ3v) is 7.41. The Kier molecular flexibility index (Phi) is 6.80. The van der Waals surface area contributed by atoms with Gasteiger partial charge in [0, 0.05) is 47.2 Å². The third-order valence-electron chi connectivity index (χ3n) is 7.01. The lowest BCUT2D eigenvalue weighted by atomic mass is 9.99. The highest BCUT2D eigenvalue weighted by Gasteiger charge is 2.24. The summed E-state index contributed by atoms with van der Waals surface area (Å²) in [5, 5.41) is 5.09. The first-order chi connectivity index (χ1) is 19.8. The molecule has 0 spiro atoms. The number of nitrogens with zero attached hydrogens (tertiary/aromatic N) is 5. The van der Waals surface area contributed by atoms with Gasteiger partial charge in [0.25, 0.3) is 5.56 Å². The average molecular weight is 564 g/mol. The molecule has 41 heavy (non-hydrogen) atoms. The Morgan fingerprint density at radius 3 is 2.37 bits per heavy atom. The van der Waals surface area contributed by atoms with Gasteiger partial charge in [-0.1, -0.05) is 61.8 Å². The van der Waals surface area contributed by atoms with Crippen molar-refractivity contribution in [3.63, 3.8) is 0 Å². The number of hydrogen-bond donors (Lipinski definition) is 2. The highest BCUT2D eigenvalue weighted by molar-refractivity contribution is 6.36. The summed E-state index contributed by atoms with van der Waals surface area (Å²) < 4.78 is 1.61. The number of halogens is 1. The lowest BCUT2D eigenvalue weighted by Gasteiger charge is -2.24. The Labute approximate surface area is 239 Å². The van der Waals surface area contributed by atoms with Crippen LogP contribution in [0.1, 0.15) is 44.2 Å². The second-order valence-electron chi connectivity index (χ2n) is 10.0. The molecule has 204 valence electrons. The number of para-hydroxylation sites is 1. The summed E-state index contributed by atoms with van der Waals surface area (Å²) in [7, 11) is 0. The summed E-state index contributed by atoms with van der Waals surface area (Å²) in [5.74, 6) is 1.25. The minimum atomic E-state index is -0.533. The minimum absolute atomic E-state index is 0.181. The molecule has 0 aliphatic heterocycles. The van der Waals surface area contributed by atoms with Gasteiger partial charge in [-0.3, -0.25) is 14.2 Å². The number of fused-ring (bicyclic) bond motifs is 2. The molecule has 4 aromatic heterocycles. The molecule has 2 aromatic carbocycles. The van der Waals surface area contributed by atoms with Gasteiger partial charge < -0.3 is 10.3 Å². The first kappa shape index (κ1) is 26.3. The van der Waals surface area contributed by atoms with Gasteiger partial charge in [0.1, 0.15) is 29.0 Å². The topological polar surface area (TPSA) is 118 Å². The Morgan fingerprint density at radius 1 is 0.878 bits per heavy atom. The fourth-order valence-corrected chi connectivity index (χ4v) is 5.45. The molecule has 10 heteroatoms. The molecule has 0 saturated heterocycles. The largest absolute Gasteiger partial charge is 0.361 e. The van der Waals surface area contributed by atoms with Crippen molar-refractivity contribution in [3.8, 4) is 16.8 Å². The van der Waals surface area contributed by atoms with Gasteiger partial charge >= 0.3 is 0 Å². The quantitative estimate of drug-likeness (QED) is 0.254. The molecule has 0 aliphatic carbocycles. The molecule has 6 aromatic rings. The Balaban J connectivity index is 1.59. The van der Waals surface area contributed by atoms with E-state index in [1.54, 1.807) is 17.0 Å². The molecule has 0 amide bonds. The van der Waals surface area contributed by atoms with Crippen molar-refractivity contribution in [2.45, 2.75) is 32.7 Å². The van der Waals surface area contributed by atoms with Gasteiger partial charge in [0.15, 0.2) is 5.43 Å². The number of rotatable bonds is 6. The number of aromatic amines is 1. The third kappa shape index (κ3) is 4.64. The molecule has 1 atom stereocenters. The smallest absolute Gasteiger partial charge is 0.263 e. The van der Waals surface area contributed by atoms with Gasteiger partial charge in [-0.25, -0.2) is 19.9 Å². The van der Waals surface area contributed by atoms with E-state index in [0.717, 1.165) is 11.4 Å². The maximum Gasteiger partial charge on any atom is 0.263 e. The lowest BCUT2D eigenvalue weighted by molar-refractivity contribution is 0.773. The van der Waals surface area contributed by atoms with E-state index in [9.17, 15) is 9.59 Å². The summed E-state index contributed by atoms with van der Waals surface area (Å²) in [6, 6.07) is 15.8. The number of aromatic nitrogens is 6. The SMILES string of the molecule is CC(C)c1ncc(-c2cccc3c(Cl)c([C@H](C)Nc4ncnc5[nH]ccc(=O)c45)n(-c4ccccc4)c(=O)c23)cn1. The molecular formula is C31H26ClN7O2. The van der Waals surface area contributed by atoms with Crippen LogP contribution in [-0.2, 0) is 0 Å². The number of nitrogens with one attached hydrogen (secondary N) is 2. The maximum atomic E-state index is 14.4. The highest BCUT2D eigenvalue weighted by atomic mass is 35.5. The zero-order valence-electron chi connectivity index (χ0n) is 22.6. The van der Waals surface area contributed by atoms with E-state index in [-0.39, 0.29) is 16.9 Å². The van der Waals surface area contributed by atoms with E-state index < -0.39 is 6.04 Å². The first-order valence-electron chi connectivity index (χ1n) is 13.2. The number of H-pyrrole nitrogens is 1. The molecule has 0 aliphatic rings. The van der Waals surface area contributed by atoms with Crippen LogP contribution in [-0.4, -0.2) is 29.5 Å². The monoisotopic (exact) mass is 563 g/mol. The van der Waals surface area contributed by atoms with Crippen molar-refractivity contribution in [1.29, 1.82) is 0 Å². The second-order valence-corrected chi connectivity index (χ2v) is 10.4. The Hall–Kier alpha value is -4.89. The molecule has 0 unspecified atom stereocenters. The predicted octanol–water partition coefficient (Wildman–Crippen LogP) is 6.03. The molecule has 6 rings (SSSR count). The lowest BCUT2D eigenvalue weighted by Crippen LogP contribution is -2.27. The molecule has 0 fully saturated rings.